The summed E-state index contributed by atoms with van der Waals surface area (Å²) in [6, 6.07) is 5.49. The maximum absolute atomic E-state index is 12.3. The first-order valence-electron chi connectivity index (χ1n) is 7.04. The Labute approximate surface area is 152 Å². The van der Waals surface area contributed by atoms with Gasteiger partial charge < -0.3 is 10.6 Å². The number of nitrogens with zero attached hydrogens (tertiary/aromatic N) is 2. The molecule has 0 unspecified atom stereocenters. The molecule has 3 rings (SSSR count). The van der Waals surface area contributed by atoms with Gasteiger partial charge in [0, 0.05) is 11.1 Å². The van der Waals surface area contributed by atoms with Gasteiger partial charge in [-0.25, -0.2) is 0 Å². The van der Waals surface area contributed by atoms with E-state index in [1.165, 1.54) is 35.9 Å². The van der Waals surface area contributed by atoms with Crippen LogP contribution < -0.4 is 10.6 Å². The van der Waals surface area contributed by atoms with Crippen molar-refractivity contribution in [1.82, 2.24) is 10.2 Å². The number of carbonyl (C=O) groups is 1. The summed E-state index contributed by atoms with van der Waals surface area (Å²) >= 11 is 14.8. The summed E-state index contributed by atoms with van der Waals surface area (Å²) in [7, 11) is 0. The first-order valence-corrected chi connectivity index (χ1v) is 9.49. The Morgan fingerprint density at radius 2 is 2.17 bits per heavy atom. The molecule has 23 heavy (non-hydrogen) atoms. The zero-order chi connectivity index (χ0) is 16.4. The molecule has 1 aromatic heterocycles. The molecule has 1 amide bonds. The van der Waals surface area contributed by atoms with Gasteiger partial charge in [-0.1, -0.05) is 46.3 Å². The van der Waals surface area contributed by atoms with Gasteiger partial charge in [0.1, 0.15) is 0 Å². The van der Waals surface area contributed by atoms with Gasteiger partial charge in [-0.05, 0) is 38.0 Å². The van der Waals surface area contributed by atoms with E-state index in [1.807, 2.05) is 6.92 Å². The van der Waals surface area contributed by atoms with Crippen LogP contribution in [-0.4, -0.2) is 27.4 Å². The fraction of sp³-hybridized carbons (Fsp3) is 0.357. The van der Waals surface area contributed by atoms with Gasteiger partial charge in [0.2, 0.25) is 11.0 Å². The smallest absolute Gasteiger partial charge is 0.237 e. The van der Waals surface area contributed by atoms with Crippen molar-refractivity contribution < 1.29 is 4.79 Å². The third-order valence-corrected chi connectivity index (χ3v) is 5.75. The summed E-state index contributed by atoms with van der Waals surface area (Å²) in [5.41, 5.74) is 0.505. The van der Waals surface area contributed by atoms with Crippen molar-refractivity contribution in [2.24, 2.45) is 0 Å². The average molecular weight is 389 g/mol. The van der Waals surface area contributed by atoms with Crippen molar-refractivity contribution >= 4 is 63.0 Å². The summed E-state index contributed by atoms with van der Waals surface area (Å²) < 4.78 is 0.757. The number of hydrogen-bond acceptors (Lipinski definition) is 6. The first kappa shape index (κ1) is 16.8. The number of benzene rings is 1. The molecule has 0 aliphatic heterocycles. The van der Waals surface area contributed by atoms with Gasteiger partial charge in [-0.3, -0.25) is 4.79 Å². The SMILES string of the molecule is C[C@H](Sc1nnc(NC2CC2)s1)C(=O)Nc1cc(Cl)ccc1Cl. The lowest BCUT2D eigenvalue weighted by atomic mass is 10.3. The molecule has 2 N–H and O–H groups in total. The number of hydrogen-bond donors (Lipinski definition) is 2. The van der Waals surface area contributed by atoms with Crippen LogP contribution in [0.4, 0.5) is 10.8 Å². The van der Waals surface area contributed by atoms with Gasteiger partial charge in [0.15, 0.2) is 4.34 Å². The summed E-state index contributed by atoms with van der Waals surface area (Å²) in [5, 5.41) is 15.7. The largest absolute Gasteiger partial charge is 0.357 e. The lowest BCUT2D eigenvalue weighted by Gasteiger charge is -2.11. The number of aromatic nitrogens is 2. The van der Waals surface area contributed by atoms with Gasteiger partial charge in [0.25, 0.3) is 0 Å². The van der Waals surface area contributed by atoms with Gasteiger partial charge in [0.05, 0.1) is 16.0 Å². The van der Waals surface area contributed by atoms with Crippen molar-refractivity contribution in [3.8, 4) is 0 Å². The Hall–Kier alpha value is -1.02. The molecule has 0 spiro atoms. The molecule has 1 heterocycles. The maximum atomic E-state index is 12.3. The number of rotatable bonds is 6. The molecule has 0 bridgehead atoms. The van der Waals surface area contributed by atoms with E-state index in [9.17, 15) is 4.79 Å². The third-order valence-electron chi connectivity index (χ3n) is 3.14. The molecule has 0 saturated heterocycles. The van der Waals surface area contributed by atoms with Crippen LogP contribution in [0.2, 0.25) is 10.0 Å². The van der Waals surface area contributed by atoms with Crippen LogP contribution in [0.3, 0.4) is 0 Å². The lowest BCUT2D eigenvalue weighted by molar-refractivity contribution is -0.115. The second kappa shape index (κ2) is 7.25. The standard InChI is InChI=1S/C14H14Cl2N4OS2/c1-7(12(21)18-11-6-8(15)2-5-10(11)16)22-14-20-19-13(23-14)17-9-3-4-9/h2,5-7,9H,3-4H2,1H3,(H,17,19)(H,18,21)/t7-/m0/s1. The normalized spacial score (nSPS) is 15.3. The van der Waals surface area contributed by atoms with Crippen molar-refractivity contribution in [2.45, 2.75) is 35.4 Å². The van der Waals surface area contributed by atoms with Crippen molar-refractivity contribution in [3.63, 3.8) is 0 Å². The van der Waals surface area contributed by atoms with Crippen molar-refractivity contribution in [1.29, 1.82) is 0 Å². The van der Waals surface area contributed by atoms with E-state index in [4.69, 9.17) is 23.2 Å². The highest BCUT2D eigenvalue weighted by Crippen LogP contribution is 2.33. The molecule has 1 atom stereocenters. The summed E-state index contributed by atoms with van der Waals surface area (Å²) in [6.45, 7) is 1.81. The Balaban J connectivity index is 1.58. The van der Waals surface area contributed by atoms with E-state index in [0.717, 1.165) is 9.47 Å². The number of amides is 1. The zero-order valence-corrected chi connectivity index (χ0v) is 15.3. The average Bonchev–Trinajstić information content (AvgIpc) is 3.21. The number of thioether (sulfide) groups is 1. The number of carbonyl (C=O) groups excluding carboxylic acids is 1. The lowest BCUT2D eigenvalue weighted by Crippen LogP contribution is -2.22. The Morgan fingerprint density at radius 1 is 1.39 bits per heavy atom. The van der Waals surface area contributed by atoms with Crippen LogP contribution in [0.5, 0.6) is 0 Å². The van der Waals surface area contributed by atoms with E-state index in [2.05, 4.69) is 20.8 Å². The van der Waals surface area contributed by atoms with Gasteiger partial charge in [-0.2, -0.15) is 0 Å². The monoisotopic (exact) mass is 388 g/mol. The fourth-order valence-corrected chi connectivity index (χ4v) is 4.06. The number of anilines is 2. The van der Waals surface area contributed by atoms with Crippen LogP contribution in [0, 0.1) is 0 Å². The van der Waals surface area contributed by atoms with E-state index in [-0.39, 0.29) is 11.2 Å². The van der Waals surface area contributed by atoms with Gasteiger partial charge >= 0.3 is 0 Å². The molecule has 9 heteroatoms. The van der Waals surface area contributed by atoms with Crippen LogP contribution in [0.25, 0.3) is 0 Å². The minimum absolute atomic E-state index is 0.161. The Kier molecular flexibility index (Phi) is 5.31. The molecule has 2 aromatic rings. The topological polar surface area (TPSA) is 66.9 Å². The number of nitrogens with one attached hydrogen (secondary N) is 2. The highest BCUT2D eigenvalue weighted by molar-refractivity contribution is 8.02. The quantitative estimate of drug-likeness (QED) is 0.710. The van der Waals surface area contributed by atoms with E-state index < -0.39 is 0 Å². The van der Waals surface area contributed by atoms with Crippen LogP contribution in [0.1, 0.15) is 19.8 Å². The van der Waals surface area contributed by atoms with Crippen molar-refractivity contribution in [3.05, 3.63) is 28.2 Å². The molecule has 0 radical (unpaired) electrons. The highest BCUT2D eigenvalue weighted by atomic mass is 35.5. The van der Waals surface area contributed by atoms with Gasteiger partial charge in [-0.15, -0.1) is 10.2 Å². The molecule has 1 aromatic carbocycles. The molecule has 122 valence electrons. The highest BCUT2D eigenvalue weighted by Gasteiger charge is 2.23. The minimum atomic E-state index is -0.327. The molecule has 1 aliphatic rings. The van der Waals surface area contributed by atoms with Crippen LogP contribution in [-0.2, 0) is 4.79 Å². The fourth-order valence-electron chi connectivity index (χ4n) is 1.75. The second-order valence-corrected chi connectivity index (χ2v) is 8.57. The van der Waals surface area contributed by atoms with Crippen LogP contribution >= 0.6 is 46.3 Å². The summed E-state index contributed by atoms with van der Waals surface area (Å²) in [6.07, 6.45) is 2.36. The molecular weight excluding hydrogens is 375 g/mol. The van der Waals surface area contributed by atoms with Crippen LogP contribution in [0.15, 0.2) is 22.5 Å². The predicted molar refractivity (Wildman–Crippen MR) is 97.0 cm³/mol. The minimum Gasteiger partial charge on any atom is -0.357 e. The molecule has 1 saturated carbocycles. The Morgan fingerprint density at radius 3 is 2.91 bits per heavy atom. The third kappa shape index (κ3) is 4.73. The summed E-state index contributed by atoms with van der Waals surface area (Å²) in [5.74, 6) is -0.161. The predicted octanol–water partition coefficient (Wildman–Crippen LogP) is 4.54. The number of halogens is 2. The van der Waals surface area contributed by atoms with E-state index in [1.54, 1.807) is 18.2 Å². The first-order chi connectivity index (χ1) is 11.0. The maximum Gasteiger partial charge on any atom is 0.237 e. The molecule has 1 fully saturated rings. The molecule has 1 aliphatic carbocycles. The summed E-state index contributed by atoms with van der Waals surface area (Å²) in [4.78, 5) is 12.3. The Bertz CT molecular complexity index is 721. The van der Waals surface area contributed by atoms with Crippen molar-refractivity contribution in [2.75, 3.05) is 10.6 Å². The zero-order valence-electron chi connectivity index (χ0n) is 12.2. The second-order valence-electron chi connectivity index (χ2n) is 5.17. The van der Waals surface area contributed by atoms with E-state index >= 15 is 0 Å². The van der Waals surface area contributed by atoms with E-state index in [0.29, 0.717) is 21.8 Å². The molecule has 5 nitrogen and oxygen atoms in total. The molecular formula is C14H14Cl2N4OS2.